The Balaban J connectivity index is 2.49. The van der Waals surface area contributed by atoms with Crippen molar-refractivity contribution >= 4 is 22.6 Å². The molecule has 1 aromatic carbocycles. The number of aromatic hydroxyl groups is 1. The van der Waals surface area contributed by atoms with Gasteiger partial charge in [-0.1, -0.05) is 0 Å². The Bertz CT molecular complexity index is 281. The normalized spacial score (nSPS) is 15.8. The lowest BCUT2D eigenvalue weighted by Gasteiger charge is -2.17. The van der Waals surface area contributed by atoms with E-state index < -0.39 is 0 Å². The smallest absolute Gasteiger partial charge is 0.129 e. The quantitative estimate of drug-likeness (QED) is 0.705. The predicted molar refractivity (Wildman–Crippen MR) is 56.2 cm³/mol. The number of hydrogen-bond donors (Lipinski definition) is 2. The van der Waals surface area contributed by atoms with Crippen LogP contribution in [0.1, 0.15) is 11.1 Å². The van der Waals surface area contributed by atoms with Crippen molar-refractivity contribution < 1.29 is 5.11 Å². The fourth-order valence-corrected chi connectivity index (χ4v) is 2.02. The van der Waals surface area contributed by atoms with Gasteiger partial charge in [0.25, 0.3) is 0 Å². The number of phenolic OH excluding ortho intramolecular Hbond substituents is 1. The number of phenols is 1. The van der Waals surface area contributed by atoms with Crippen molar-refractivity contribution in [2.75, 3.05) is 6.54 Å². The summed E-state index contributed by atoms with van der Waals surface area (Å²) in [5.74, 6) is 0.401. The van der Waals surface area contributed by atoms with Gasteiger partial charge in [-0.15, -0.1) is 0 Å². The fraction of sp³-hybridized carbons (Fsp3) is 0.333. The second-order valence-corrected chi connectivity index (χ2v) is 4.16. The molecule has 2 N–H and O–H groups in total. The average molecular weight is 275 g/mol. The molecule has 0 radical (unpaired) electrons. The van der Waals surface area contributed by atoms with E-state index in [1.165, 1.54) is 11.1 Å². The van der Waals surface area contributed by atoms with Gasteiger partial charge in [-0.05, 0) is 58.8 Å². The van der Waals surface area contributed by atoms with E-state index in [1.807, 2.05) is 6.07 Å². The topological polar surface area (TPSA) is 32.3 Å². The van der Waals surface area contributed by atoms with Crippen molar-refractivity contribution in [3.8, 4) is 5.75 Å². The van der Waals surface area contributed by atoms with E-state index in [1.54, 1.807) is 0 Å². The summed E-state index contributed by atoms with van der Waals surface area (Å²) in [6.07, 6.45) is 1.08. The number of nitrogens with one attached hydrogen (secondary N) is 1. The van der Waals surface area contributed by atoms with E-state index in [4.69, 9.17) is 0 Å². The molecule has 0 amide bonds. The number of benzene rings is 1. The van der Waals surface area contributed by atoms with E-state index in [9.17, 15) is 5.11 Å². The first kappa shape index (κ1) is 8.31. The van der Waals surface area contributed by atoms with Gasteiger partial charge in [0.2, 0.25) is 0 Å². The third kappa shape index (κ3) is 1.43. The standard InChI is InChI=1S/C9H10INO/c10-8-3-6-1-2-11-5-7(6)4-9(8)12/h3-4,11-12H,1-2,5H2. The lowest BCUT2D eigenvalue weighted by atomic mass is 10.0. The maximum absolute atomic E-state index is 9.44. The van der Waals surface area contributed by atoms with Gasteiger partial charge in [0, 0.05) is 6.54 Å². The lowest BCUT2D eigenvalue weighted by molar-refractivity contribution is 0.469. The zero-order valence-corrected chi connectivity index (χ0v) is 8.76. The number of halogens is 1. The minimum absolute atomic E-state index is 0.401. The minimum atomic E-state index is 0.401. The van der Waals surface area contributed by atoms with Crippen LogP contribution in [0.15, 0.2) is 12.1 Å². The molecule has 0 atom stereocenters. The molecule has 0 bridgehead atoms. The molecule has 0 spiro atoms. The maximum Gasteiger partial charge on any atom is 0.129 e. The first-order chi connectivity index (χ1) is 5.77. The molecule has 1 aromatic rings. The molecule has 2 rings (SSSR count). The molecule has 0 unspecified atom stereocenters. The van der Waals surface area contributed by atoms with Crippen LogP contribution in [0.3, 0.4) is 0 Å². The van der Waals surface area contributed by atoms with E-state index >= 15 is 0 Å². The zero-order chi connectivity index (χ0) is 8.55. The second-order valence-electron chi connectivity index (χ2n) is 3.00. The van der Waals surface area contributed by atoms with Gasteiger partial charge in [-0.25, -0.2) is 0 Å². The molecule has 0 fully saturated rings. The van der Waals surface area contributed by atoms with Crippen LogP contribution in [0, 0.1) is 3.57 Å². The van der Waals surface area contributed by atoms with Crippen molar-refractivity contribution in [1.29, 1.82) is 0 Å². The van der Waals surface area contributed by atoms with Crippen LogP contribution in [-0.2, 0) is 13.0 Å². The summed E-state index contributed by atoms with van der Waals surface area (Å²) >= 11 is 2.16. The number of hydrogen-bond acceptors (Lipinski definition) is 2. The molecule has 1 aliphatic heterocycles. The first-order valence-electron chi connectivity index (χ1n) is 3.98. The molecule has 0 aliphatic carbocycles. The van der Waals surface area contributed by atoms with Gasteiger partial charge in [-0.2, -0.15) is 0 Å². The molecule has 1 heterocycles. The predicted octanol–water partition coefficient (Wildman–Crippen LogP) is 1.64. The van der Waals surface area contributed by atoms with E-state index in [2.05, 4.69) is 34.0 Å². The van der Waals surface area contributed by atoms with Gasteiger partial charge in [0.1, 0.15) is 5.75 Å². The SMILES string of the molecule is Oc1cc2c(cc1I)CCNC2. The summed E-state index contributed by atoms with van der Waals surface area (Å²) < 4.78 is 0.952. The molecule has 0 saturated heterocycles. The molecule has 1 aliphatic rings. The van der Waals surface area contributed by atoms with Crippen LogP contribution in [0.4, 0.5) is 0 Å². The van der Waals surface area contributed by atoms with Gasteiger partial charge in [-0.3, -0.25) is 0 Å². The highest BCUT2D eigenvalue weighted by Gasteiger charge is 2.10. The van der Waals surface area contributed by atoms with E-state index in [-0.39, 0.29) is 0 Å². The van der Waals surface area contributed by atoms with Crippen molar-refractivity contribution in [1.82, 2.24) is 5.32 Å². The van der Waals surface area contributed by atoms with Gasteiger partial charge < -0.3 is 10.4 Å². The molecular weight excluding hydrogens is 265 g/mol. The maximum atomic E-state index is 9.44. The highest BCUT2D eigenvalue weighted by atomic mass is 127. The van der Waals surface area contributed by atoms with Crippen LogP contribution >= 0.6 is 22.6 Å². The Morgan fingerprint density at radius 3 is 3.00 bits per heavy atom. The number of rotatable bonds is 0. The van der Waals surface area contributed by atoms with Crippen LogP contribution in [0.2, 0.25) is 0 Å². The van der Waals surface area contributed by atoms with E-state index in [0.29, 0.717) is 5.75 Å². The van der Waals surface area contributed by atoms with Gasteiger partial charge >= 0.3 is 0 Å². The summed E-state index contributed by atoms with van der Waals surface area (Å²) in [5.41, 5.74) is 2.61. The molecule has 2 nitrogen and oxygen atoms in total. The molecule has 3 heteroatoms. The molecule has 12 heavy (non-hydrogen) atoms. The van der Waals surface area contributed by atoms with Crippen LogP contribution in [0.25, 0.3) is 0 Å². The third-order valence-electron chi connectivity index (χ3n) is 2.16. The highest BCUT2D eigenvalue weighted by molar-refractivity contribution is 14.1. The zero-order valence-electron chi connectivity index (χ0n) is 6.60. The Hall–Kier alpha value is -0.290. The van der Waals surface area contributed by atoms with Gasteiger partial charge in [0.15, 0.2) is 0 Å². The Kier molecular flexibility index (Phi) is 2.23. The Morgan fingerprint density at radius 2 is 2.17 bits per heavy atom. The second kappa shape index (κ2) is 3.22. The highest BCUT2D eigenvalue weighted by Crippen LogP contribution is 2.25. The minimum Gasteiger partial charge on any atom is -0.507 e. The van der Waals surface area contributed by atoms with Crippen LogP contribution < -0.4 is 5.32 Å². The van der Waals surface area contributed by atoms with Crippen LogP contribution in [-0.4, -0.2) is 11.7 Å². The summed E-state index contributed by atoms with van der Waals surface area (Å²) in [7, 11) is 0. The molecule has 0 saturated carbocycles. The lowest BCUT2D eigenvalue weighted by Crippen LogP contribution is -2.23. The van der Waals surface area contributed by atoms with Crippen molar-refractivity contribution in [3.63, 3.8) is 0 Å². The van der Waals surface area contributed by atoms with Crippen molar-refractivity contribution in [2.45, 2.75) is 13.0 Å². The van der Waals surface area contributed by atoms with E-state index in [0.717, 1.165) is 23.1 Å². The number of fused-ring (bicyclic) bond motifs is 1. The fourth-order valence-electron chi connectivity index (χ4n) is 1.49. The van der Waals surface area contributed by atoms with Crippen molar-refractivity contribution in [3.05, 3.63) is 26.8 Å². The Labute approximate surface area is 85.1 Å². The summed E-state index contributed by atoms with van der Waals surface area (Å²) in [6.45, 7) is 1.94. The third-order valence-corrected chi connectivity index (χ3v) is 3.02. The average Bonchev–Trinajstić information content (AvgIpc) is 2.07. The largest absolute Gasteiger partial charge is 0.507 e. The summed E-state index contributed by atoms with van der Waals surface area (Å²) in [4.78, 5) is 0. The molecular formula is C9H10INO. The Morgan fingerprint density at radius 1 is 1.33 bits per heavy atom. The molecule has 0 aromatic heterocycles. The van der Waals surface area contributed by atoms with Crippen molar-refractivity contribution in [2.24, 2.45) is 0 Å². The summed E-state index contributed by atoms with van der Waals surface area (Å²) in [5, 5.41) is 12.7. The molecule has 64 valence electrons. The van der Waals surface area contributed by atoms with Crippen LogP contribution in [0.5, 0.6) is 5.75 Å². The summed E-state index contributed by atoms with van der Waals surface area (Å²) in [6, 6.07) is 3.94. The first-order valence-corrected chi connectivity index (χ1v) is 5.06. The van der Waals surface area contributed by atoms with Gasteiger partial charge in [0.05, 0.1) is 3.57 Å². The monoisotopic (exact) mass is 275 g/mol.